The molecule has 0 fully saturated rings. The molecule has 0 aliphatic carbocycles. The Morgan fingerprint density at radius 2 is 0.567 bits per heavy atom. The van der Waals surface area contributed by atoms with Gasteiger partial charge >= 0.3 is 63.2 Å². The minimum atomic E-state index is 0. The number of thiazole rings is 3. The summed E-state index contributed by atoms with van der Waals surface area (Å²) in [7, 11) is 0. The molecule has 0 amide bonds. The second-order valence-electron chi connectivity index (χ2n) is 33.1. The summed E-state index contributed by atoms with van der Waals surface area (Å²) in [6, 6.07) is 135. The van der Waals surface area contributed by atoms with Gasteiger partial charge in [0.1, 0.15) is 0 Å². The molecule has 0 atom stereocenters. The fourth-order valence-electron chi connectivity index (χ4n) is 18.2. The molecule has 0 saturated carbocycles. The van der Waals surface area contributed by atoms with Crippen LogP contribution in [0, 0.1) is 36.4 Å². The van der Waals surface area contributed by atoms with Crippen LogP contribution in [0.4, 0.5) is 0 Å². The van der Waals surface area contributed by atoms with Gasteiger partial charge in [-0.15, -0.1) is 149 Å². The van der Waals surface area contributed by atoms with Crippen molar-refractivity contribution >= 4 is 130 Å². The molecular weight excluding hydrogens is 2330 g/mol. The summed E-state index contributed by atoms with van der Waals surface area (Å²) in [6.07, 6.45) is 27.7. The Morgan fingerprint density at radius 3 is 0.979 bits per heavy atom. The number of para-hydroxylation sites is 4. The molecule has 0 N–H and O–H groups in total. The molecule has 0 saturated heterocycles. The molecule has 0 bridgehead atoms. The molecule has 0 spiro atoms. The van der Waals surface area contributed by atoms with E-state index in [-0.39, 0.29) is 63.2 Å². The van der Waals surface area contributed by atoms with Crippen molar-refractivity contribution in [2.24, 2.45) is 0 Å². The van der Waals surface area contributed by atoms with E-state index in [9.17, 15) is 0 Å². The van der Waals surface area contributed by atoms with Gasteiger partial charge in [0.2, 0.25) is 0 Å². The first-order valence-corrected chi connectivity index (χ1v) is 47.3. The largest absolute Gasteiger partial charge is 2.00 e. The normalized spacial score (nSPS) is 11.2. The number of pyridine rings is 9. The predicted octanol–water partition coefficient (Wildman–Crippen LogP) is 29.5. The third-order valence-corrected chi connectivity index (χ3v) is 28.0. The molecule has 0 aliphatic heterocycles. The van der Waals surface area contributed by atoms with Gasteiger partial charge in [0, 0.05) is 150 Å². The van der Waals surface area contributed by atoms with Gasteiger partial charge in [-0.3, -0.25) is 44.9 Å². The first-order valence-electron chi connectivity index (χ1n) is 44.9. The van der Waals surface area contributed by atoms with Gasteiger partial charge in [0.15, 0.2) is 0 Å². The van der Waals surface area contributed by atoms with Crippen LogP contribution in [0.2, 0.25) is 0 Å². The van der Waals surface area contributed by atoms with Crippen LogP contribution in [-0.4, -0.2) is 73.5 Å². The fraction of sp³-hybridized carbons (Fsp3) is 0. The minimum Gasteiger partial charge on any atom is -0.346 e. The Balaban J connectivity index is 0.000000120. The first kappa shape index (κ1) is 90.3. The summed E-state index contributed by atoms with van der Waals surface area (Å²) in [6.45, 7) is 0. The van der Waals surface area contributed by atoms with E-state index in [0.29, 0.717) is 0 Å². The number of nitrogens with zero attached hydrogens (tertiary/aromatic N) is 15. The average molecular weight is 2400 g/mol. The zero-order valence-electron chi connectivity index (χ0n) is 74.2. The quantitative estimate of drug-likeness (QED) is 0.0892. The molecule has 141 heavy (non-hydrogen) atoms. The maximum Gasteiger partial charge on any atom is 2.00 e. The van der Waals surface area contributed by atoms with Crippen LogP contribution in [0.5, 0.6) is 0 Å². The number of hydrogen-bond acceptors (Lipinski definition) is 15. The van der Waals surface area contributed by atoms with Crippen molar-refractivity contribution in [3.8, 4) is 149 Å². The van der Waals surface area contributed by atoms with Crippen LogP contribution in [0.25, 0.3) is 245 Å². The smallest absolute Gasteiger partial charge is 0.346 e. The van der Waals surface area contributed by atoms with Crippen molar-refractivity contribution in [3.05, 3.63) is 457 Å². The number of aromatic nitrogens is 15. The van der Waals surface area contributed by atoms with Crippen molar-refractivity contribution in [2.75, 3.05) is 0 Å². The molecular formula is C120H69N15Pt3S3. The molecule has 0 radical (unpaired) electrons. The first-order chi connectivity index (χ1) is 68.4. The molecule has 15 aromatic heterocycles. The van der Waals surface area contributed by atoms with Crippen LogP contribution in [-0.2, 0) is 63.2 Å². The van der Waals surface area contributed by atoms with Gasteiger partial charge < -0.3 is 28.7 Å². The van der Waals surface area contributed by atoms with Crippen LogP contribution in [0.15, 0.2) is 421 Å². The zero-order chi connectivity index (χ0) is 91.4. The van der Waals surface area contributed by atoms with Gasteiger partial charge in [-0.1, -0.05) is 179 Å². The number of rotatable bonds is 15. The van der Waals surface area contributed by atoms with E-state index in [2.05, 4.69) is 316 Å². The third-order valence-electron chi connectivity index (χ3n) is 24.8. The van der Waals surface area contributed by atoms with E-state index < -0.39 is 0 Å². The summed E-state index contributed by atoms with van der Waals surface area (Å²) in [5.74, 6) is 0. The average Bonchev–Trinajstić information content (AvgIpc) is 1.61. The molecule has 15 nitrogen and oxygen atoms in total. The molecule has 672 valence electrons. The van der Waals surface area contributed by atoms with Crippen molar-refractivity contribution in [1.29, 1.82) is 0 Å². The Bertz CT molecular complexity index is 9180. The second kappa shape index (κ2) is 39.5. The summed E-state index contributed by atoms with van der Waals surface area (Å²) < 4.78 is 10.3. The van der Waals surface area contributed by atoms with Crippen LogP contribution in [0.1, 0.15) is 0 Å². The van der Waals surface area contributed by atoms with E-state index in [0.717, 1.165) is 245 Å². The van der Waals surface area contributed by atoms with E-state index in [1.165, 1.54) is 0 Å². The molecule has 27 aromatic rings. The molecule has 0 aliphatic rings. The maximum atomic E-state index is 4.97. The van der Waals surface area contributed by atoms with Gasteiger partial charge in [-0.25, -0.2) is 0 Å². The number of benzene rings is 12. The number of hydrogen-bond donors (Lipinski definition) is 0. The minimum absolute atomic E-state index is 0. The molecule has 21 heteroatoms. The van der Waals surface area contributed by atoms with Crippen molar-refractivity contribution in [2.45, 2.75) is 0 Å². The Labute approximate surface area is 865 Å². The van der Waals surface area contributed by atoms with Crippen LogP contribution in [0.3, 0.4) is 0 Å². The Morgan fingerprint density at radius 1 is 0.213 bits per heavy atom. The molecule has 15 heterocycles. The Kier molecular flexibility index (Phi) is 25.3. The van der Waals surface area contributed by atoms with Crippen molar-refractivity contribution in [1.82, 2.24) is 73.5 Å². The van der Waals surface area contributed by atoms with Crippen molar-refractivity contribution < 1.29 is 63.2 Å². The zero-order valence-corrected chi connectivity index (χ0v) is 83.5. The number of fused-ring (bicyclic) bond motifs is 12. The van der Waals surface area contributed by atoms with Crippen LogP contribution < -0.4 is 0 Å². The molecule has 12 aromatic carbocycles. The monoisotopic (exact) mass is 2400 g/mol. The van der Waals surface area contributed by atoms with E-state index in [4.69, 9.17) is 24.9 Å². The third kappa shape index (κ3) is 17.5. The Hall–Kier alpha value is -15.9. The SMILES string of the molecule is [Pt+2].[Pt+2].[Pt+2].[c-]1c(-c2ccc(-c3cccnc3)cn2)ccc(-c2cccnc2)c1-n1c2[c-]c(-c3nc4ccccc4s3)ccc2c2ccccc21.[c-]1c(-c2ccc(-c3cccnc3)cn2)cccc1-n1c2[c-]c(-c3nc4ccccc4s3)ccc2c2cc(-c3cccnc3)ccc21.[c-]1c(-c2ccccn2)ccc(-c2cccnc2)c1-n1c2[c-]c(-c3nc4ccccc4s3)ccc2c2cc(-c3cccnc3)ccc21. The fourth-order valence-corrected chi connectivity index (χ4v) is 21.0. The predicted molar refractivity (Wildman–Crippen MR) is 560 cm³/mol. The van der Waals surface area contributed by atoms with Gasteiger partial charge in [0.05, 0.1) is 16.6 Å². The van der Waals surface area contributed by atoms with E-state index in [1.54, 1.807) is 71.2 Å². The summed E-state index contributed by atoms with van der Waals surface area (Å²) in [5.41, 5.74) is 32.5. The van der Waals surface area contributed by atoms with Crippen molar-refractivity contribution in [3.63, 3.8) is 0 Å². The van der Waals surface area contributed by atoms with E-state index >= 15 is 0 Å². The summed E-state index contributed by atoms with van der Waals surface area (Å²) >= 11 is 5.06. The maximum absolute atomic E-state index is 4.97. The second-order valence-corrected chi connectivity index (χ2v) is 36.2. The van der Waals surface area contributed by atoms with Gasteiger partial charge in [-0.2, -0.15) is 34.0 Å². The standard InChI is InChI=1S/3C40H23N5S.3Pt/c1-3-11-36-32(9-1)33-17-14-27(40-44-35-10-2-4-12-39(35)46-40)22-38(33)45(36)37-21-26(13-16-31(37)30-8-6-20-42-24-30)34-18-15-29(25-43-34)28-7-5-19-41-23-28;1-2-11-39-36(10-1)44-40(46-39)28-12-15-33-34-21-26(29-7-4-18-41-23-29)14-17-37(34)45(38(33)22-28)32-9-3-6-27(20-32)35-16-13-31(25-43-35)30-8-5-19-42-24-30;1-2-11-39-35(10-1)44-40(46-39)28-13-16-32-33-21-26(29-7-5-18-41-24-29)14-17-36(33)45(38(32)23-28)37-22-27(34-9-3-4-20-43-34)12-15-31(37)30-8-6-19-42-25-30;;;/h1-20,23-25H;1-19,21,23-25H;1-21,24-25H;;;/q3*-2;3*+2. The van der Waals surface area contributed by atoms with Gasteiger partial charge in [0.25, 0.3) is 0 Å². The van der Waals surface area contributed by atoms with Gasteiger partial charge in [-0.05, 0) is 208 Å². The summed E-state index contributed by atoms with van der Waals surface area (Å²) in [5, 5.41) is 9.58. The topological polar surface area (TPSA) is 169 Å². The molecule has 0 unspecified atom stereocenters. The summed E-state index contributed by atoms with van der Waals surface area (Å²) in [4.78, 5) is 55.3. The van der Waals surface area contributed by atoms with E-state index in [1.807, 2.05) is 153 Å². The molecule has 27 rings (SSSR count). The van der Waals surface area contributed by atoms with Crippen LogP contribution >= 0.6 is 34.0 Å².